The molecule has 1 aliphatic heterocycles. The van der Waals surface area contributed by atoms with E-state index in [1.54, 1.807) is 0 Å². The van der Waals surface area contributed by atoms with Crippen molar-refractivity contribution in [2.45, 2.75) is 32.2 Å². The lowest BCUT2D eigenvalue weighted by Gasteiger charge is -2.28. The van der Waals surface area contributed by atoms with Crippen molar-refractivity contribution in [1.29, 1.82) is 0 Å². The number of nitrogens with zero attached hydrogens (tertiary/aromatic N) is 1. The quantitative estimate of drug-likeness (QED) is 0.874. The van der Waals surface area contributed by atoms with Gasteiger partial charge in [0.1, 0.15) is 0 Å². The number of hydrogen-bond donors (Lipinski definition) is 1. The number of carbonyl (C=O) groups is 1. The van der Waals surface area contributed by atoms with Gasteiger partial charge < -0.3 is 10.2 Å². The normalized spacial score (nSPS) is 17.6. The van der Waals surface area contributed by atoms with E-state index in [-0.39, 0.29) is 18.3 Å². The lowest BCUT2D eigenvalue weighted by Crippen LogP contribution is -2.42. The van der Waals surface area contributed by atoms with E-state index in [0.29, 0.717) is 12.5 Å². The third kappa shape index (κ3) is 4.76. The molecule has 0 bridgehead atoms. The average molecular weight is 362 g/mol. The molecule has 0 radical (unpaired) electrons. The lowest BCUT2D eigenvalue weighted by atomic mass is 10.1. The molecule has 0 aliphatic carbocycles. The minimum atomic E-state index is 0. The SMILES string of the molecule is CCCN(C(=O)Cc1cccc(Br)c1)C1CCNC1.Cl. The van der Waals surface area contributed by atoms with Crippen LogP contribution in [0.1, 0.15) is 25.3 Å². The summed E-state index contributed by atoms with van der Waals surface area (Å²) in [6.07, 6.45) is 2.58. The van der Waals surface area contributed by atoms with Crippen molar-refractivity contribution >= 4 is 34.2 Å². The Balaban J connectivity index is 0.00000200. The number of nitrogens with one attached hydrogen (secondary N) is 1. The summed E-state index contributed by atoms with van der Waals surface area (Å²) in [5, 5.41) is 3.34. The van der Waals surface area contributed by atoms with E-state index >= 15 is 0 Å². The van der Waals surface area contributed by atoms with E-state index in [0.717, 1.165) is 42.5 Å². The standard InChI is InChI=1S/C15H21BrN2O.ClH/c1-2-8-18(14-6-7-17-11-14)15(19)10-12-4-3-5-13(16)9-12;/h3-5,9,14,17H,2,6-8,10-11H2,1H3;1H. The summed E-state index contributed by atoms with van der Waals surface area (Å²) in [6, 6.07) is 8.38. The van der Waals surface area contributed by atoms with E-state index in [1.165, 1.54) is 0 Å². The van der Waals surface area contributed by atoms with Crippen LogP contribution in [0.25, 0.3) is 0 Å². The number of rotatable bonds is 5. The van der Waals surface area contributed by atoms with E-state index in [4.69, 9.17) is 0 Å². The number of hydrogen-bond acceptors (Lipinski definition) is 2. The molecule has 5 heteroatoms. The molecule has 2 rings (SSSR count). The minimum Gasteiger partial charge on any atom is -0.338 e. The molecule has 1 atom stereocenters. The third-order valence-corrected chi connectivity index (χ3v) is 4.00. The van der Waals surface area contributed by atoms with Crippen molar-refractivity contribution < 1.29 is 4.79 Å². The zero-order chi connectivity index (χ0) is 13.7. The van der Waals surface area contributed by atoms with Gasteiger partial charge in [0, 0.05) is 23.6 Å². The summed E-state index contributed by atoms with van der Waals surface area (Å²) in [6.45, 7) is 4.94. The molecule has 1 unspecified atom stereocenters. The van der Waals surface area contributed by atoms with Crippen LogP contribution in [0.15, 0.2) is 28.7 Å². The number of carbonyl (C=O) groups excluding carboxylic acids is 1. The number of halogens is 2. The highest BCUT2D eigenvalue weighted by atomic mass is 79.9. The number of benzene rings is 1. The largest absolute Gasteiger partial charge is 0.338 e. The van der Waals surface area contributed by atoms with Crippen LogP contribution < -0.4 is 5.32 Å². The first-order valence-corrected chi connectivity index (χ1v) is 7.74. The monoisotopic (exact) mass is 360 g/mol. The van der Waals surface area contributed by atoms with Gasteiger partial charge in [0.25, 0.3) is 0 Å². The van der Waals surface area contributed by atoms with Gasteiger partial charge >= 0.3 is 0 Å². The van der Waals surface area contributed by atoms with Crippen LogP contribution in [-0.2, 0) is 11.2 Å². The Morgan fingerprint density at radius 1 is 1.50 bits per heavy atom. The molecular weight excluding hydrogens is 340 g/mol. The molecule has 20 heavy (non-hydrogen) atoms. The van der Waals surface area contributed by atoms with Crippen molar-refractivity contribution in [1.82, 2.24) is 10.2 Å². The molecule has 1 aliphatic rings. The van der Waals surface area contributed by atoms with Crippen LogP contribution in [0.3, 0.4) is 0 Å². The van der Waals surface area contributed by atoms with Crippen molar-refractivity contribution in [3.63, 3.8) is 0 Å². The number of amides is 1. The van der Waals surface area contributed by atoms with Gasteiger partial charge in [-0.2, -0.15) is 0 Å². The van der Waals surface area contributed by atoms with Gasteiger partial charge in [-0.05, 0) is 37.1 Å². The van der Waals surface area contributed by atoms with E-state index < -0.39 is 0 Å². The fourth-order valence-electron chi connectivity index (χ4n) is 2.58. The summed E-state index contributed by atoms with van der Waals surface area (Å²) in [7, 11) is 0. The topological polar surface area (TPSA) is 32.3 Å². The average Bonchev–Trinajstić information content (AvgIpc) is 2.89. The predicted molar refractivity (Wildman–Crippen MR) is 88.4 cm³/mol. The highest BCUT2D eigenvalue weighted by Crippen LogP contribution is 2.15. The Morgan fingerprint density at radius 2 is 2.30 bits per heavy atom. The van der Waals surface area contributed by atoms with Crippen molar-refractivity contribution in [2.75, 3.05) is 19.6 Å². The maximum atomic E-state index is 12.5. The summed E-state index contributed by atoms with van der Waals surface area (Å²) >= 11 is 3.45. The first kappa shape index (κ1) is 17.5. The first-order valence-electron chi connectivity index (χ1n) is 6.95. The van der Waals surface area contributed by atoms with Crippen LogP contribution in [0, 0.1) is 0 Å². The molecule has 1 heterocycles. The van der Waals surface area contributed by atoms with Crippen LogP contribution in [0.2, 0.25) is 0 Å². The highest BCUT2D eigenvalue weighted by molar-refractivity contribution is 9.10. The summed E-state index contributed by atoms with van der Waals surface area (Å²) < 4.78 is 1.03. The Morgan fingerprint density at radius 3 is 2.90 bits per heavy atom. The van der Waals surface area contributed by atoms with Gasteiger partial charge in [-0.25, -0.2) is 0 Å². The van der Waals surface area contributed by atoms with Crippen LogP contribution in [-0.4, -0.2) is 36.5 Å². The molecule has 1 aromatic rings. The fraction of sp³-hybridized carbons (Fsp3) is 0.533. The van der Waals surface area contributed by atoms with E-state index in [1.807, 2.05) is 24.3 Å². The maximum Gasteiger partial charge on any atom is 0.227 e. The highest BCUT2D eigenvalue weighted by Gasteiger charge is 2.25. The summed E-state index contributed by atoms with van der Waals surface area (Å²) in [5.74, 6) is 0.244. The molecular formula is C15H22BrClN2O. The van der Waals surface area contributed by atoms with Crippen LogP contribution in [0.5, 0.6) is 0 Å². The zero-order valence-corrected chi connectivity index (χ0v) is 14.2. The maximum absolute atomic E-state index is 12.5. The zero-order valence-electron chi connectivity index (χ0n) is 11.8. The second kappa shape index (κ2) is 8.65. The third-order valence-electron chi connectivity index (χ3n) is 3.50. The molecule has 1 aromatic carbocycles. The van der Waals surface area contributed by atoms with Gasteiger partial charge in [-0.15, -0.1) is 12.4 Å². The Kier molecular flexibility index (Phi) is 7.56. The molecule has 1 N–H and O–H groups in total. The van der Waals surface area contributed by atoms with Crippen molar-refractivity contribution in [3.8, 4) is 0 Å². The molecule has 1 saturated heterocycles. The van der Waals surface area contributed by atoms with Crippen LogP contribution >= 0.6 is 28.3 Å². The van der Waals surface area contributed by atoms with Gasteiger partial charge in [-0.3, -0.25) is 4.79 Å². The molecule has 112 valence electrons. The Labute approximate surface area is 135 Å². The van der Waals surface area contributed by atoms with Gasteiger partial charge in [0.2, 0.25) is 5.91 Å². The summed E-state index contributed by atoms with van der Waals surface area (Å²) in [4.78, 5) is 14.5. The summed E-state index contributed by atoms with van der Waals surface area (Å²) in [5.41, 5.74) is 1.08. The van der Waals surface area contributed by atoms with Crippen LogP contribution in [0.4, 0.5) is 0 Å². The van der Waals surface area contributed by atoms with Crippen molar-refractivity contribution in [2.24, 2.45) is 0 Å². The molecule has 1 amide bonds. The van der Waals surface area contributed by atoms with E-state index in [9.17, 15) is 4.79 Å². The fourth-order valence-corrected chi connectivity index (χ4v) is 3.03. The molecule has 1 fully saturated rings. The Bertz CT molecular complexity index is 436. The first-order chi connectivity index (χ1) is 9.20. The second-order valence-electron chi connectivity index (χ2n) is 5.04. The Hall–Kier alpha value is -0.580. The van der Waals surface area contributed by atoms with E-state index in [2.05, 4.69) is 33.1 Å². The van der Waals surface area contributed by atoms with Gasteiger partial charge in [0.05, 0.1) is 6.42 Å². The molecule has 0 saturated carbocycles. The van der Waals surface area contributed by atoms with Gasteiger partial charge in [0.15, 0.2) is 0 Å². The van der Waals surface area contributed by atoms with Gasteiger partial charge in [-0.1, -0.05) is 35.0 Å². The smallest absolute Gasteiger partial charge is 0.227 e. The molecule has 3 nitrogen and oxygen atoms in total. The molecule has 0 spiro atoms. The molecule has 0 aromatic heterocycles. The van der Waals surface area contributed by atoms with Crippen molar-refractivity contribution in [3.05, 3.63) is 34.3 Å². The minimum absolute atomic E-state index is 0. The predicted octanol–water partition coefficient (Wildman–Crippen LogP) is 3.01. The lowest BCUT2D eigenvalue weighted by molar-refractivity contribution is -0.132. The second-order valence-corrected chi connectivity index (χ2v) is 5.96.